The number of aromatic nitrogens is 2. The van der Waals surface area contributed by atoms with Gasteiger partial charge in [-0.25, -0.2) is 4.68 Å². The Balaban J connectivity index is 1.47. The van der Waals surface area contributed by atoms with Crippen LogP contribution < -0.4 is 10.9 Å². The molecule has 1 aromatic heterocycles. The summed E-state index contributed by atoms with van der Waals surface area (Å²) in [7, 11) is 0. The van der Waals surface area contributed by atoms with Gasteiger partial charge in [0.2, 0.25) is 0 Å². The molecule has 0 aliphatic heterocycles. The molecule has 3 N–H and O–H groups in total. The van der Waals surface area contributed by atoms with Crippen LogP contribution in [0.5, 0.6) is 0 Å². The summed E-state index contributed by atoms with van der Waals surface area (Å²) < 4.78 is 1.36. The van der Waals surface area contributed by atoms with Crippen molar-refractivity contribution in [1.82, 2.24) is 9.78 Å². The Hall–Kier alpha value is -2.87. The minimum atomic E-state index is -0.911. The van der Waals surface area contributed by atoms with E-state index in [2.05, 4.69) is 10.4 Å². The molecule has 3 unspecified atom stereocenters. The van der Waals surface area contributed by atoms with Crippen LogP contribution in [-0.2, 0) is 21.5 Å². The van der Waals surface area contributed by atoms with Crippen LogP contribution >= 0.6 is 11.6 Å². The predicted octanol–water partition coefficient (Wildman–Crippen LogP) is 3.50. The molecule has 0 radical (unpaired) electrons. The van der Waals surface area contributed by atoms with Gasteiger partial charge in [-0.1, -0.05) is 23.7 Å². The van der Waals surface area contributed by atoms with E-state index in [0.29, 0.717) is 41.6 Å². The highest BCUT2D eigenvalue weighted by atomic mass is 35.5. The van der Waals surface area contributed by atoms with Crippen LogP contribution in [0.3, 0.4) is 0 Å². The second-order valence-electron chi connectivity index (χ2n) is 9.51. The number of halogens is 1. The first-order valence-corrected chi connectivity index (χ1v) is 11.2. The van der Waals surface area contributed by atoms with Gasteiger partial charge >= 0.3 is 11.9 Å². The number of hydrogen-bond acceptors (Lipinski definition) is 5. The normalized spacial score (nSPS) is 30.3. The second kappa shape index (κ2) is 7.62. The number of carboxylic acids is 2. The first-order chi connectivity index (χ1) is 15.3. The van der Waals surface area contributed by atoms with Crippen LogP contribution in [0.1, 0.15) is 37.7 Å². The van der Waals surface area contributed by atoms with E-state index >= 15 is 0 Å². The molecule has 0 spiro atoms. The van der Waals surface area contributed by atoms with Gasteiger partial charge in [0, 0.05) is 5.69 Å². The molecule has 0 amide bonds. The van der Waals surface area contributed by atoms with Crippen molar-refractivity contribution < 1.29 is 19.8 Å². The monoisotopic (exact) mass is 457 g/mol. The van der Waals surface area contributed by atoms with Crippen molar-refractivity contribution in [3.8, 4) is 0 Å². The first kappa shape index (κ1) is 21.0. The third kappa shape index (κ3) is 3.37. The first-order valence-electron chi connectivity index (χ1n) is 10.9. The standard InChI is InChI=1S/C23H24ClN3O5/c24-20-17(26-16-3-1-12(2-4-16)8-18(28)29)11-25-27(21(20)30)23-9-13-5-14(10-23)7-15(6-13)19(23)22(31)32/h1-4,11,13-15,19,26H,5-10H2,(H,28,29)(H,31,32). The molecule has 1 heterocycles. The van der Waals surface area contributed by atoms with Gasteiger partial charge < -0.3 is 15.5 Å². The van der Waals surface area contributed by atoms with Crippen molar-refractivity contribution in [3.63, 3.8) is 0 Å². The molecule has 4 aliphatic rings. The Morgan fingerprint density at radius 2 is 1.78 bits per heavy atom. The third-order valence-electron chi connectivity index (χ3n) is 7.47. The summed E-state index contributed by atoms with van der Waals surface area (Å²) in [5.41, 5.74) is 0.323. The second-order valence-corrected chi connectivity index (χ2v) is 9.89. The fraction of sp³-hybridized carbons (Fsp3) is 0.478. The lowest BCUT2D eigenvalue weighted by molar-refractivity contribution is -0.168. The van der Waals surface area contributed by atoms with E-state index in [1.807, 2.05) is 0 Å². The van der Waals surface area contributed by atoms with Crippen LogP contribution in [0.25, 0.3) is 0 Å². The molecule has 4 fully saturated rings. The Labute approximate surface area is 189 Å². The zero-order valence-corrected chi connectivity index (χ0v) is 18.1. The Morgan fingerprint density at radius 3 is 2.38 bits per heavy atom. The van der Waals surface area contributed by atoms with Crippen LogP contribution in [-0.4, -0.2) is 31.9 Å². The Morgan fingerprint density at radius 1 is 1.12 bits per heavy atom. The molecule has 1 aromatic carbocycles. The smallest absolute Gasteiger partial charge is 0.309 e. The third-order valence-corrected chi connectivity index (χ3v) is 7.83. The largest absolute Gasteiger partial charge is 0.481 e. The summed E-state index contributed by atoms with van der Waals surface area (Å²) in [6.45, 7) is 0. The molecule has 4 aliphatic carbocycles. The molecule has 2 aromatic rings. The topological polar surface area (TPSA) is 122 Å². The molecule has 9 heteroatoms. The number of benzene rings is 1. The number of nitrogens with zero attached hydrogens (tertiary/aromatic N) is 2. The zero-order chi connectivity index (χ0) is 22.6. The lowest BCUT2D eigenvalue weighted by atomic mass is 9.48. The minimum absolute atomic E-state index is 0.0329. The maximum Gasteiger partial charge on any atom is 0.309 e. The van der Waals surface area contributed by atoms with Crippen molar-refractivity contribution in [1.29, 1.82) is 0 Å². The van der Waals surface area contributed by atoms with Gasteiger partial charge in [0.25, 0.3) is 5.56 Å². The SMILES string of the molecule is O=C(O)Cc1ccc(Nc2cnn(C34CC5CC(CC(C5)C3C(=O)O)C4)c(=O)c2Cl)cc1. The number of anilines is 2. The summed E-state index contributed by atoms with van der Waals surface area (Å²) in [6.07, 6.45) is 5.63. The Bertz CT molecular complexity index is 1130. The van der Waals surface area contributed by atoms with E-state index in [4.69, 9.17) is 16.7 Å². The van der Waals surface area contributed by atoms with Crippen LogP contribution in [0.15, 0.2) is 35.3 Å². The maximum atomic E-state index is 13.3. The van der Waals surface area contributed by atoms with Crippen molar-refractivity contribution in [2.75, 3.05) is 5.32 Å². The minimum Gasteiger partial charge on any atom is -0.481 e. The highest BCUT2D eigenvalue weighted by Gasteiger charge is 2.61. The maximum absolute atomic E-state index is 13.3. The summed E-state index contributed by atoms with van der Waals surface area (Å²) in [5, 5.41) is 26.4. The predicted molar refractivity (Wildman–Crippen MR) is 117 cm³/mol. The van der Waals surface area contributed by atoms with Crippen molar-refractivity contribution >= 4 is 34.9 Å². The van der Waals surface area contributed by atoms with Crippen molar-refractivity contribution in [2.24, 2.45) is 23.7 Å². The fourth-order valence-corrected chi connectivity index (χ4v) is 6.78. The molecule has 6 rings (SSSR count). The molecule has 32 heavy (non-hydrogen) atoms. The average molecular weight is 458 g/mol. The van der Waals surface area contributed by atoms with Crippen LogP contribution in [0.4, 0.5) is 11.4 Å². The summed E-state index contributed by atoms with van der Waals surface area (Å²) in [6, 6.07) is 6.79. The van der Waals surface area contributed by atoms with Crippen molar-refractivity contribution in [2.45, 2.75) is 44.1 Å². The molecule has 168 valence electrons. The van der Waals surface area contributed by atoms with E-state index in [-0.39, 0.29) is 17.4 Å². The summed E-state index contributed by atoms with van der Waals surface area (Å²) in [4.78, 5) is 36.4. The van der Waals surface area contributed by atoms with E-state index in [1.54, 1.807) is 24.3 Å². The van der Waals surface area contributed by atoms with Crippen molar-refractivity contribution in [3.05, 3.63) is 51.4 Å². The summed E-state index contributed by atoms with van der Waals surface area (Å²) in [5.74, 6) is -1.46. The lowest BCUT2D eigenvalue weighted by Crippen LogP contribution is -2.63. The number of hydrogen-bond donors (Lipinski definition) is 3. The van der Waals surface area contributed by atoms with E-state index in [9.17, 15) is 19.5 Å². The van der Waals surface area contributed by atoms with Gasteiger partial charge in [-0.3, -0.25) is 14.4 Å². The van der Waals surface area contributed by atoms with Gasteiger partial charge in [0.1, 0.15) is 5.02 Å². The average Bonchev–Trinajstić information content (AvgIpc) is 2.71. The van der Waals surface area contributed by atoms with Gasteiger partial charge in [-0.2, -0.15) is 5.10 Å². The number of carbonyl (C=O) groups is 2. The molecule has 4 saturated carbocycles. The van der Waals surface area contributed by atoms with Gasteiger partial charge in [0.15, 0.2) is 0 Å². The molecule has 0 saturated heterocycles. The number of carboxylic acid groups (broad SMARTS) is 2. The van der Waals surface area contributed by atoms with E-state index in [1.165, 1.54) is 10.9 Å². The molecular formula is C23H24ClN3O5. The van der Waals surface area contributed by atoms with Gasteiger partial charge in [-0.15, -0.1) is 0 Å². The quantitative estimate of drug-likeness (QED) is 0.606. The number of nitrogens with one attached hydrogen (secondary N) is 1. The van der Waals surface area contributed by atoms with Gasteiger partial charge in [-0.05, 0) is 67.6 Å². The fourth-order valence-electron chi connectivity index (χ4n) is 6.61. The van der Waals surface area contributed by atoms with E-state index < -0.39 is 29.0 Å². The molecule has 4 bridgehead atoms. The van der Waals surface area contributed by atoms with Gasteiger partial charge in [0.05, 0.1) is 29.8 Å². The Kier molecular flexibility index (Phi) is 5.00. The van der Waals surface area contributed by atoms with Crippen LogP contribution in [0, 0.1) is 23.7 Å². The lowest BCUT2D eigenvalue weighted by Gasteiger charge is -2.59. The number of rotatable bonds is 6. The zero-order valence-electron chi connectivity index (χ0n) is 17.3. The van der Waals surface area contributed by atoms with E-state index in [0.717, 1.165) is 19.3 Å². The molecule has 8 nitrogen and oxygen atoms in total. The summed E-state index contributed by atoms with van der Waals surface area (Å²) >= 11 is 6.45. The number of aliphatic carboxylic acids is 2. The highest BCUT2D eigenvalue weighted by molar-refractivity contribution is 6.33. The molecular weight excluding hydrogens is 434 g/mol. The highest BCUT2D eigenvalue weighted by Crippen LogP contribution is 2.61. The van der Waals surface area contributed by atoms with Crippen LogP contribution in [0.2, 0.25) is 5.02 Å². The molecule has 3 atom stereocenters.